The molecule has 1 amide bonds. The van der Waals surface area contributed by atoms with Crippen molar-refractivity contribution < 1.29 is 13.6 Å². The summed E-state index contributed by atoms with van der Waals surface area (Å²) in [6.45, 7) is 6.75. The van der Waals surface area contributed by atoms with Crippen LogP contribution in [0.3, 0.4) is 0 Å². The third-order valence-corrected chi connectivity index (χ3v) is 6.18. The number of hydrogen-bond donors (Lipinski definition) is 1. The second kappa shape index (κ2) is 8.19. The van der Waals surface area contributed by atoms with E-state index in [0.717, 1.165) is 55.5 Å². The van der Waals surface area contributed by atoms with E-state index in [4.69, 9.17) is 0 Å². The monoisotopic (exact) mass is 411 g/mol. The molecule has 158 valence electrons. The summed E-state index contributed by atoms with van der Waals surface area (Å²) in [5.41, 5.74) is 2.57. The van der Waals surface area contributed by atoms with Gasteiger partial charge in [-0.25, -0.2) is 8.78 Å². The lowest BCUT2D eigenvalue weighted by atomic mass is 9.80. The Kier molecular flexibility index (Phi) is 5.60. The van der Waals surface area contributed by atoms with E-state index in [-0.39, 0.29) is 17.5 Å². The van der Waals surface area contributed by atoms with Crippen molar-refractivity contribution in [3.63, 3.8) is 0 Å². The highest BCUT2D eigenvalue weighted by atomic mass is 19.1. The zero-order chi connectivity index (χ0) is 21.3. The molecule has 0 radical (unpaired) electrons. The number of carbonyl (C=O) groups is 1. The number of aromatic nitrogens is 1. The molecule has 0 spiro atoms. The number of fused-ring (bicyclic) bond motifs is 1. The molecular weight excluding hydrogens is 384 g/mol. The number of likely N-dealkylation sites (tertiary alicyclic amines) is 1. The maximum absolute atomic E-state index is 13.7. The van der Waals surface area contributed by atoms with Gasteiger partial charge in [-0.1, -0.05) is 12.1 Å². The van der Waals surface area contributed by atoms with Crippen LogP contribution < -0.4 is 5.32 Å². The highest BCUT2D eigenvalue weighted by molar-refractivity contribution is 5.84. The highest BCUT2D eigenvalue weighted by Gasteiger charge is 2.37. The lowest BCUT2D eigenvalue weighted by Gasteiger charge is -2.42. The van der Waals surface area contributed by atoms with Crippen LogP contribution in [0, 0.1) is 11.6 Å². The van der Waals surface area contributed by atoms with E-state index in [1.165, 1.54) is 30.7 Å². The summed E-state index contributed by atoms with van der Waals surface area (Å²) in [5.74, 6) is -0.585. The minimum absolute atomic E-state index is 0.0826. The molecule has 0 unspecified atom stereocenters. The van der Waals surface area contributed by atoms with E-state index in [0.29, 0.717) is 0 Å². The van der Waals surface area contributed by atoms with Crippen LogP contribution in [0.2, 0.25) is 0 Å². The van der Waals surface area contributed by atoms with E-state index in [1.807, 2.05) is 6.07 Å². The number of hydrogen-bond acceptors (Lipinski definition) is 2. The number of rotatable bonds is 5. The van der Waals surface area contributed by atoms with Gasteiger partial charge < -0.3 is 9.88 Å². The van der Waals surface area contributed by atoms with E-state index < -0.39 is 5.54 Å². The van der Waals surface area contributed by atoms with Crippen LogP contribution in [0.5, 0.6) is 0 Å². The fourth-order valence-electron chi connectivity index (χ4n) is 4.65. The van der Waals surface area contributed by atoms with Crippen molar-refractivity contribution in [3.05, 3.63) is 71.4 Å². The summed E-state index contributed by atoms with van der Waals surface area (Å²) in [4.78, 5) is 14.3. The smallest absolute Gasteiger partial charge is 0.217 e. The predicted octanol–water partition coefficient (Wildman–Crippen LogP) is 4.57. The maximum Gasteiger partial charge on any atom is 0.217 e. The Bertz CT molecular complexity index is 1050. The normalized spacial score (nSPS) is 16.7. The summed E-state index contributed by atoms with van der Waals surface area (Å²) in [7, 11) is 0. The number of halogens is 2. The molecular formula is C24H27F2N3O. The Hall–Kier alpha value is -2.73. The number of nitrogens with one attached hydrogen (secondary N) is 1. The van der Waals surface area contributed by atoms with Gasteiger partial charge in [-0.05, 0) is 61.2 Å². The Balaban J connectivity index is 1.54. The topological polar surface area (TPSA) is 37.3 Å². The number of amides is 1. The Labute approximate surface area is 175 Å². The molecule has 1 N–H and O–H groups in total. The first-order valence-corrected chi connectivity index (χ1v) is 10.4. The molecule has 1 fully saturated rings. The van der Waals surface area contributed by atoms with Gasteiger partial charge in [0.15, 0.2) is 0 Å². The van der Waals surface area contributed by atoms with E-state index >= 15 is 0 Å². The molecule has 3 aromatic rings. The van der Waals surface area contributed by atoms with Crippen molar-refractivity contribution in [2.45, 2.75) is 45.3 Å². The molecule has 6 heteroatoms. The zero-order valence-electron chi connectivity index (χ0n) is 17.4. The average molecular weight is 411 g/mol. The molecule has 1 aromatic heterocycles. The lowest BCUT2D eigenvalue weighted by molar-refractivity contribution is -0.121. The lowest BCUT2D eigenvalue weighted by Crippen LogP contribution is -2.52. The first kappa shape index (κ1) is 20.5. The van der Waals surface area contributed by atoms with Gasteiger partial charge >= 0.3 is 0 Å². The fraction of sp³-hybridized carbons (Fsp3) is 0.375. The van der Waals surface area contributed by atoms with E-state index in [1.54, 1.807) is 18.2 Å². The molecule has 0 saturated carbocycles. The number of nitrogens with zero attached hydrogens (tertiary/aromatic N) is 2. The minimum Gasteiger partial charge on any atom is -0.347 e. The van der Waals surface area contributed by atoms with Gasteiger partial charge in [-0.15, -0.1) is 0 Å². The first-order chi connectivity index (χ1) is 14.4. The van der Waals surface area contributed by atoms with Gasteiger partial charge in [0, 0.05) is 44.7 Å². The van der Waals surface area contributed by atoms with Crippen LogP contribution >= 0.6 is 0 Å². The molecule has 4 rings (SSSR count). The quantitative estimate of drug-likeness (QED) is 0.668. The Morgan fingerprint density at radius 1 is 1.07 bits per heavy atom. The zero-order valence-corrected chi connectivity index (χ0v) is 17.4. The maximum atomic E-state index is 13.7. The van der Waals surface area contributed by atoms with Gasteiger partial charge in [0.1, 0.15) is 11.6 Å². The average Bonchev–Trinajstić information content (AvgIpc) is 3.06. The molecule has 4 nitrogen and oxygen atoms in total. The third-order valence-electron chi connectivity index (χ3n) is 6.18. The van der Waals surface area contributed by atoms with Crippen molar-refractivity contribution in [1.29, 1.82) is 0 Å². The van der Waals surface area contributed by atoms with Gasteiger partial charge in [-0.3, -0.25) is 9.69 Å². The largest absolute Gasteiger partial charge is 0.347 e. The van der Waals surface area contributed by atoms with E-state index in [2.05, 4.69) is 27.9 Å². The molecule has 1 aliphatic rings. The number of piperidine rings is 1. The SMILES string of the molecule is CCn1cc(CN2CCC(NC(C)=O)(c3ccc(F)cc3)CC2)c2ccc(F)cc21. The van der Waals surface area contributed by atoms with Crippen molar-refractivity contribution in [1.82, 2.24) is 14.8 Å². The molecule has 0 atom stereocenters. The summed E-state index contributed by atoms with van der Waals surface area (Å²) in [5, 5.41) is 4.21. The van der Waals surface area contributed by atoms with Crippen LogP contribution in [0.15, 0.2) is 48.7 Å². The summed E-state index contributed by atoms with van der Waals surface area (Å²) in [6.07, 6.45) is 3.61. The van der Waals surface area contributed by atoms with Crippen LogP contribution in [-0.2, 0) is 23.4 Å². The molecule has 2 aromatic carbocycles. The molecule has 1 aliphatic heterocycles. The first-order valence-electron chi connectivity index (χ1n) is 10.4. The summed E-state index contributed by atoms with van der Waals surface area (Å²) < 4.78 is 29.2. The summed E-state index contributed by atoms with van der Waals surface area (Å²) in [6, 6.07) is 11.4. The van der Waals surface area contributed by atoms with Gasteiger partial charge in [-0.2, -0.15) is 0 Å². The fourth-order valence-corrected chi connectivity index (χ4v) is 4.65. The third kappa shape index (κ3) is 3.97. The van der Waals surface area contributed by atoms with Crippen molar-refractivity contribution in [2.24, 2.45) is 0 Å². The molecule has 2 heterocycles. The minimum atomic E-state index is -0.476. The van der Waals surface area contributed by atoms with Crippen LogP contribution in [0.1, 0.15) is 37.8 Å². The summed E-state index contributed by atoms with van der Waals surface area (Å²) >= 11 is 0. The molecule has 0 aliphatic carbocycles. The van der Waals surface area contributed by atoms with Crippen LogP contribution in [0.4, 0.5) is 8.78 Å². The van der Waals surface area contributed by atoms with Crippen molar-refractivity contribution >= 4 is 16.8 Å². The van der Waals surface area contributed by atoms with Gasteiger partial charge in [0.25, 0.3) is 0 Å². The number of carbonyl (C=O) groups excluding carboxylic acids is 1. The molecule has 1 saturated heterocycles. The second-order valence-corrected chi connectivity index (χ2v) is 8.15. The van der Waals surface area contributed by atoms with E-state index in [9.17, 15) is 13.6 Å². The van der Waals surface area contributed by atoms with Crippen molar-refractivity contribution in [3.8, 4) is 0 Å². The molecule has 30 heavy (non-hydrogen) atoms. The number of benzene rings is 2. The Morgan fingerprint density at radius 2 is 1.73 bits per heavy atom. The predicted molar refractivity (Wildman–Crippen MR) is 114 cm³/mol. The standard InChI is InChI=1S/C24H27F2N3O/c1-3-29-16-18(22-9-8-21(26)14-23(22)29)15-28-12-10-24(11-13-28,27-17(2)30)19-4-6-20(25)7-5-19/h4-9,14,16H,3,10-13,15H2,1-2H3,(H,27,30). The highest BCUT2D eigenvalue weighted by Crippen LogP contribution is 2.34. The van der Waals surface area contributed by atoms with Crippen LogP contribution in [0.25, 0.3) is 10.9 Å². The second-order valence-electron chi connectivity index (χ2n) is 8.15. The van der Waals surface area contributed by atoms with Crippen LogP contribution in [-0.4, -0.2) is 28.5 Å². The van der Waals surface area contributed by atoms with Gasteiger partial charge in [0.2, 0.25) is 5.91 Å². The molecule has 0 bridgehead atoms. The Morgan fingerprint density at radius 3 is 2.37 bits per heavy atom. The van der Waals surface area contributed by atoms with Crippen molar-refractivity contribution in [2.75, 3.05) is 13.1 Å². The van der Waals surface area contributed by atoms with Gasteiger partial charge in [0.05, 0.1) is 11.1 Å². The number of aryl methyl sites for hydroxylation is 1.